The monoisotopic (exact) mass is 273 g/mol. The van der Waals surface area contributed by atoms with Gasteiger partial charge in [-0.15, -0.1) is 0 Å². The molecular weight excluding hydrogens is 246 g/mol. The lowest BCUT2D eigenvalue weighted by Gasteiger charge is -2.35. The third kappa shape index (κ3) is 3.29. The molecular formula is C18H27NO. The van der Waals surface area contributed by atoms with Gasteiger partial charge in [-0.3, -0.25) is 9.69 Å². The van der Waals surface area contributed by atoms with Crippen LogP contribution in [0, 0.1) is 13.8 Å². The molecule has 1 fully saturated rings. The van der Waals surface area contributed by atoms with Gasteiger partial charge in [-0.1, -0.05) is 37.0 Å². The first-order valence-electron chi connectivity index (χ1n) is 7.84. The molecule has 0 spiro atoms. The Balaban J connectivity index is 2.12. The second-order valence-corrected chi connectivity index (χ2v) is 6.32. The first kappa shape index (κ1) is 15.2. The molecule has 0 heterocycles. The number of aryl methyl sites for hydroxylation is 2. The number of hydrogen-bond acceptors (Lipinski definition) is 2. The van der Waals surface area contributed by atoms with Gasteiger partial charge in [0.15, 0.2) is 5.78 Å². The summed E-state index contributed by atoms with van der Waals surface area (Å²) in [5, 5.41) is 0. The van der Waals surface area contributed by atoms with Gasteiger partial charge in [-0.2, -0.15) is 0 Å². The average Bonchev–Trinajstić information content (AvgIpc) is 2.48. The van der Waals surface area contributed by atoms with Crippen molar-refractivity contribution in [3.05, 3.63) is 34.9 Å². The molecule has 0 saturated heterocycles. The lowest BCUT2D eigenvalue weighted by molar-refractivity contribution is 0.0777. The number of hydrogen-bond donors (Lipinski definition) is 0. The number of benzene rings is 1. The first-order chi connectivity index (χ1) is 9.50. The minimum Gasteiger partial charge on any atom is -0.294 e. The largest absolute Gasteiger partial charge is 0.294 e. The zero-order chi connectivity index (χ0) is 14.7. The fraction of sp³-hybridized carbons (Fsp3) is 0.611. The Labute approximate surface area is 123 Å². The van der Waals surface area contributed by atoms with Gasteiger partial charge in [0.1, 0.15) is 0 Å². The maximum absolute atomic E-state index is 12.8. The number of nitrogens with zero attached hydrogens (tertiary/aromatic N) is 1. The van der Waals surface area contributed by atoms with Crippen LogP contribution in [0.2, 0.25) is 0 Å². The molecule has 1 aromatic carbocycles. The average molecular weight is 273 g/mol. The van der Waals surface area contributed by atoms with Crippen molar-refractivity contribution in [2.75, 3.05) is 7.05 Å². The SMILES string of the molecule is Cc1ccc(C)c(C(=O)C(C)N(C)C2CCCCC2)c1. The molecule has 2 heteroatoms. The summed E-state index contributed by atoms with van der Waals surface area (Å²) in [6.45, 7) is 6.13. The molecule has 1 unspecified atom stereocenters. The molecule has 0 bridgehead atoms. The van der Waals surface area contributed by atoms with E-state index in [2.05, 4.69) is 31.0 Å². The second-order valence-electron chi connectivity index (χ2n) is 6.32. The summed E-state index contributed by atoms with van der Waals surface area (Å²) < 4.78 is 0. The number of Topliss-reactive ketones (excluding diaryl/α,β-unsaturated/α-hetero) is 1. The van der Waals surface area contributed by atoms with E-state index in [1.807, 2.05) is 19.9 Å². The maximum atomic E-state index is 12.8. The van der Waals surface area contributed by atoms with Crippen LogP contribution in [0.15, 0.2) is 18.2 Å². The molecule has 20 heavy (non-hydrogen) atoms. The quantitative estimate of drug-likeness (QED) is 0.768. The van der Waals surface area contributed by atoms with E-state index in [1.54, 1.807) is 0 Å². The van der Waals surface area contributed by atoms with Crippen LogP contribution in [-0.2, 0) is 0 Å². The van der Waals surface area contributed by atoms with E-state index in [1.165, 1.54) is 32.1 Å². The predicted octanol–water partition coefficient (Wildman–Crippen LogP) is 4.14. The van der Waals surface area contributed by atoms with E-state index in [-0.39, 0.29) is 11.8 Å². The zero-order valence-corrected chi connectivity index (χ0v) is 13.3. The first-order valence-corrected chi connectivity index (χ1v) is 7.84. The molecule has 0 aliphatic heterocycles. The number of carbonyl (C=O) groups excluding carboxylic acids is 1. The number of rotatable bonds is 4. The van der Waals surface area contributed by atoms with Gasteiger partial charge in [0.05, 0.1) is 6.04 Å². The number of likely N-dealkylation sites (N-methyl/N-ethyl adjacent to an activating group) is 1. The maximum Gasteiger partial charge on any atom is 0.179 e. The molecule has 0 aromatic heterocycles. The third-order valence-corrected chi connectivity index (χ3v) is 4.80. The van der Waals surface area contributed by atoms with Crippen LogP contribution in [0.25, 0.3) is 0 Å². The molecule has 1 aromatic rings. The highest BCUT2D eigenvalue weighted by Crippen LogP contribution is 2.24. The molecule has 2 nitrogen and oxygen atoms in total. The molecule has 0 amide bonds. The third-order valence-electron chi connectivity index (χ3n) is 4.80. The van der Waals surface area contributed by atoms with Gasteiger partial charge in [-0.05, 0) is 52.3 Å². The molecule has 1 saturated carbocycles. The van der Waals surface area contributed by atoms with Crippen LogP contribution in [0.3, 0.4) is 0 Å². The lowest BCUT2D eigenvalue weighted by atomic mass is 9.91. The summed E-state index contributed by atoms with van der Waals surface area (Å²) in [5.74, 6) is 0.263. The number of carbonyl (C=O) groups is 1. The Morgan fingerprint density at radius 3 is 2.50 bits per heavy atom. The van der Waals surface area contributed by atoms with Gasteiger partial charge in [0, 0.05) is 11.6 Å². The van der Waals surface area contributed by atoms with E-state index in [0.29, 0.717) is 6.04 Å². The Kier molecular flexibility index (Phi) is 4.98. The van der Waals surface area contributed by atoms with Gasteiger partial charge in [-0.25, -0.2) is 0 Å². The minimum atomic E-state index is -0.0291. The molecule has 0 N–H and O–H groups in total. The minimum absolute atomic E-state index is 0.0291. The Hall–Kier alpha value is -1.15. The smallest absolute Gasteiger partial charge is 0.179 e. The summed E-state index contributed by atoms with van der Waals surface area (Å²) in [7, 11) is 2.11. The summed E-state index contributed by atoms with van der Waals surface area (Å²) in [6.07, 6.45) is 6.43. The van der Waals surface area contributed by atoms with Crippen molar-refractivity contribution in [3.63, 3.8) is 0 Å². The van der Waals surface area contributed by atoms with Crippen molar-refractivity contribution in [3.8, 4) is 0 Å². The topological polar surface area (TPSA) is 20.3 Å². The fourth-order valence-corrected chi connectivity index (χ4v) is 3.22. The van der Waals surface area contributed by atoms with Gasteiger partial charge >= 0.3 is 0 Å². The second kappa shape index (κ2) is 6.53. The van der Waals surface area contributed by atoms with Crippen LogP contribution < -0.4 is 0 Å². The van der Waals surface area contributed by atoms with Gasteiger partial charge in [0.25, 0.3) is 0 Å². The van der Waals surface area contributed by atoms with Crippen molar-refractivity contribution >= 4 is 5.78 Å². The molecule has 1 aliphatic rings. The Morgan fingerprint density at radius 2 is 1.85 bits per heavy atom. The van der Waals surface area contributed by atoms with Gasteiger partial charge < -0.3 is 0 Å². The molecule has 2 rings (SSSR count). The Morgan fingerprint density at radius 1 is 1.20 bits per heavy atom. The summed E-state index contributed by atoms with van der Waals surface area (Å²) in [5.41, 5.74) is 3.14. The molecule has 110 valence electrons. The highest BCUT2D eigenvalue weighted by molar-refractivity contribution is 6.01. The van der Waals surface area contributed by atoms with Crippen LogP contribution in [0.4, 0.5) is 0 Å². The van der Waals surface area contributed by atoms with E-state index < -0.39 is 0 Å². The normalized spacial score (nSPS) is 18.2. The van der Waals surface area contributed by atoms with Crippen LogP contribution >= 0.6 is 0 Å². The highest BCUT2D eigenvalue weighted by atomic mass is 16.1. The van der Waals surface area contributed by atoms with Crippen LogP contribution in [-0.4, -0.2) is 29.8 Å². The molecule has 1 atom stereocenters. The summed E-state index contributed by atoms with van der Waals surface area (Å²) >= 11 is 0. The summed E-state index contributed by atoms with van der Waals surface area (Å²) in [6, 6.07) is 6.70. The van der Waals surface area contributed by atoms with E-state index in [9.17, 15) is 4.79 Å². The van der Waals surface area contributed by atoms with Crippen molar-refractivity contribution in [1.82, 2.24) is 4.90 Å². The summed E-state index contributed by atoms with van der Waals surface area (Å²) in [4.78, 5) is 15.1. The van der Waals surface area contributed by atoms with E-state index in [0.717, 1.165) is 16.7 Å². The Bertz CT molecular complexity index is 474. The van der Waals surface area contributed by atoms with Crippen molar-refractivity contribution in [1.29, 1.82) is 0 Å². The van der Waals surface area contributed by atoms with E-state index >= 15 is 0 Å². The van der Waals surface area contributed by atoms with Crippen molar-refractivity contribution in [2.24, 2.45) is 0 Å². The number of ketones is 1. The standard InChI is InChI=1S/C18H27NO/c1-13-10-11-14(2)17(12-13)18(20)15(3)19(4)16-8-6-5-7-9-16/h10-12,15-16H,5-9H2,1-4H3. The van der Waals surface area contributed by atoms with Crippen molar-refractivity contribution < 1.29 is 4.79 Å². The van der Waals surface area contributed by atoms with E-state index in [4.69, 9.17) is 0 Å². The van der Waals surface area contributed by atoms with Crippen LogP contribution in [0.1, 0.15) is 60.5 Å². The molecule has 1 aliphatic carbocycles. The molecule has 0 radical (unpaired) electrons. The van der Waals surface area contributed by atoms with Crippen LogP contribution in [0.5, 0.6) is 0 Å². The fourth-order valence-electron chi connectivity index (χ4n) is 3.22. The van der Waals surface area contributed by atoms with Crippen molar-refractivity contribution in [2.45, 2.75) is 65.0 Å². The predicted molar refractivity (Wildman–Crippen MR) is 84.3 cm³/mol. The zero-order valence-electron chi connectivity index (χ0n) is 13.3. The highest BCUT2D eigenvalue weighted by Gasteiger charge is 2.27. The lowest BCUT2D eigenvalue weighted by Crippen LogP contribution is -2.44. The van der Waals surface area contributed by atoms with Gasteiger partial charge in [0.2, 0.25) is 0 Å².